The number of Topliss-reactive ketones (excluding diaryl/α,β-unsaturated/α-hetero) is 1. The van der Waals surface area contributed by atoms with Gasteiger partial charge in [0.25, 0.3) is 0 Å². The van der Waals surface area contributed by atoms with Crippen LogP contribution in [-0.2, 0) is 4.79 Å². The zero-order valence-electron chi connectivity index (χ0n) is 10.4. The molecule has 0 saturated carbocycles. The molecule has 0 saturated heterocycles. The summed E-state index contributed by atoms with van der Waals surface area (Å²) in [5.74, 6) is -1.89. The molecule has 0 bridgehead atoms. The Labute approximate surface area is 101 Å². The van der Waals surface area contributed by atoms with Crippen molar-refractivity contribution in [1.29, 1.82) is 0 Å². The minimum Gasteiger partial charge on any atom is -0.481 e. The normalized spacial score (nSPS) is 12.5. The van der Waals surface area contributed by atoms with Gasteiger partial charge in [-0.3, -0.25) is 9.59 Å². The molecule has 1 N–H and O–H groups in total. The van der Waals surface area contributed by atoms with E-state index in [-0.39, 0.29) is 5.78 Å². The number of carbonyl (C=O) groups is 2. The molecule has 0 aliphatic carbocycles. The fourth-order valence-electron chi connectivity index (χ4n) is 1.71. The number of hydrogen-bond acceptors (Lipinski definition) is 2. The number of carboxylic acid groups (broad SMARTS) is 1. The highest BCUT2D eigenvalue weighted by Crippen LogP contribution is 2.18. The number of rotatable bonds is 5. The molecule has 3 heteroatoms. The minimum absolute atomic E-state index is 0.310. The Morgan fingerprint density at radius 2 is 1.71 bits per heavy atom. The molecule has 1 unspecified atom stereocenters. The number of benzene rings is 1. The predicted octanol–water partition coefficient (Wildman–Crippen LogP) is 3.10. The van der Waals surface area contributed by atoms with Crippen molar-refractivity contribution in [2.24, 2.45) is 5.92 Å². The van der Waals surface area contributed by atoms with Crippen LogP contribution in [0.4, 0.5) is 0 Å². The first-order valence-corrected chi connectivity index (χ1v) is 5.84. The second-order valence-electron chi connectivity index (χ2n) is 4.44. The van der Waals surface area contributed by atoms with Gasteiger partial charge in [-0.05, 0) is 17.9 Å². The van der Waals surface area contributed by atoms with Gasteiger partial charge in [-0.1, -0.05) is 45.0 Å². The van der Waals surface area contributed by atoms with E-state index in [0.717, 1.165) is 5.56 Å². The van der Waals surface area contributed by atoms with Gasteiger partial charge in [0.05, 0.1) is 0 Å². The van der Waals surface area contributed by atoms with Gasteiger partial charge in [0.1, 0.15) is 5.92 Å². The van der Waals surface area contributed by atoms with Crippen LogP contribution in [0.2, 0.25) is 0 Å². The molecular formula is C14H18O3. The summed E-state index contributed by atoms with van der Waals surface area (Å²) < 4.78 is 0. The summed E-state index contributed by atoms with van der Waals surface area (Å²) in [4.78, 5) is 22.8. The fraction of sp³-hybridized carbons (Fsp3) is 0.429. The van der Waals surface area contributed by atoms with E-state index in [4.69, 9.17) is 5.11 Å². The van der Waals surface area contributed by atoms with Gasteiger partial charge in [0.2, 0.25) is 0 Å². The molecule has 0 spiro atoms. The average molecular weight is 234 g/mol. The van der Waals surface area contributed by atoms with Crippen molar-refractivity contribution in [3.63, 3.8) is 0 Å². The van der Waals surface area contributed by atoms with Crippen LogP contribution in [0.3, 0.4) is 0 Å². The van der Waals surface area contributed by atoms with Gasteiger partial charge in [0, 0.05) is 5.56 Å². The summed E-state index contributed by atoms with van der Waals surface area (Å²) in [5.41, 5.74) is 1.62. The maximum Gasteiger partial charge on any atom is 0.314 e. The van der Waals surface area contributed by atoms with Crippen molar-refractivity contribution in [2.75, 3.05) is 0 Å². The minimum atomic E-state index is -1.05. The Morgan fingerprint density at radius 1 is 1.18 bits per heavy atom. The summed E-state index contributed by atoms with van der Waals surface area (Å²) in [5, 5.41) is 8.93. The molecular weight excluding hydrogens is 216 g/mol. The number of ketones is 1. The summed E-state index contributed by atoms with van der Waals surface area (Å²) in [6, 6.07) is 7.19. The van der Waals surface area contributed by atoms with Gasteiger partial charge in [-0.2, -0.15) is 0 Å². The van der Waals surface area contributed by atoms with Crippen LogP contribution in [0, 0.1) is 5.92 Å². The van der Waals surface area contributed by atoms with Gasteiger partial charge < -0.3 is 5.11 Å². The zero-order valence-corrected chi connectivity index (χ0v) is 10.4. The van der Waals surface area contributed by atoms with E-state index >= 15 is 0 Å². The molecule has 0 aromatic heterocycles. The lowest BCUT2D eigenvalue weighted by atomic mass is 9.93. The van der Waals surface area contributed by atoms with Gasteiger partial charge >= 0.3 is 5.97 Å². The molecule has 0 aliphatic heterocycles. The van der Waals surface area contributed by atoms with Crippen LogP contribution in [0.25, 0.3) is 0 Å². The van der Waals surface area contributed by atoms with Crippen LogP contribution in [-0.4, -0.2) is 16.9 Å². The molecule has 1 aromatic carbocycles. The molecule has 0 fully saturated rings. The van der Waals surface area contributed by atoms with Crippen molar-refractivity contribution in [3.8, 4) is 0 Å². The second kappa shape index (κ2) is 5.62. The number of carbonyl (C=O) groups excluding carboxylic acids is 1. The summed E-state index contributed by atoms with van der Waals surface area (Å²) in [6.07, 6.45) is 0.320. The third kappa shape index (κ3) is 3.16. The Kier molecular flexibility index (Phi) is 4.44. The van der Waals surface area contributed by atoms with E-state index in [1.807, 2.05) is 12.1 Å². The van der Waals surface area contributed by atoms with Crippen molar-refractivity contribution in [3.05, 3.63) is 35.4 Å². The lowest BCUT2D eigenvalue weighted by Gasteiger charge is -2.10. The van der Waals surface area contributed by atoms with Gasteiger partial charge in [0.15, 0.2) is 5.78 Å². The third-order valence-electron chi connectivity index (χ3n) is 2.88. The Morgan fingerprint density at radius 3 is 2.06 bits per heavy atom. The maximum atomic E-state index is 11.9. The molecule has 0 radical (unpaired) electrons. The first kappa shape index (κ1) is 13.4. The highest BCUT2D eigenvalue weighted by Gasteiger charge is 2.25. The van der Waals surface area contributed by atoms with Crippen LogP contribution in [0.5, 0.6) is 0 Å². The lowest BCUT2D eigenvalue weighted by Crippen LogP contribution is -2.23. The van der Waals surface area contributed by atoms with Crippen molar-refractivity contribution < 1.29 is 14.7 Å². The molecule has 1 rings (SSSR count). The number of carboxylic acids is 1. The first-order chi connectivity index (χ1) is 7.97. The predicted molar refractivity (Wildman–Crippen MR) is 66.3 cm³/mol. The Bertz CT molecular complexity index is 404. The van der Waals surface area contributed by atoms with E-state index in [2.05, 4.69) is 13.8 Å². The van der Waals surface area contributed by atoms with Crippen LogP contribution in [0.1, 0.15) is 49.0 Å². The van der Waals surface area contributed by atoms with E-state index in [0.29, 0.717) is 17.9 Å². The largest absolute Gasteiger partial charge is 0.481 e. The van der Waals surface area contributed by atoms with E-state index in [1.54, 1.807) is 19.1 Å². The SMILES string of the molecule is CCC(C(=O)O)C(=O)c1ccc(C(C)C)cc1. The molecule has 3 nitrogen and oxygen atoms in total. The van der Waals surface area contributed by atoms with Crippen LogP contribution < -0.4 is 0 Å². The van der Waals surface area contributed by atoms with Crippen molar-refractivity contribution in [1.82, 2.24) is 0 Å². The summed E-state index contributed by atoms with van der Waals surface area (Å²) in [7, 11) is 0. The fourth-order valence-corrected chi connectivity index (χ4v) is 1.71. The lowest BCUT2D eigenvalue weighted by molar-refractivity contribution is -0.140. The van der Waals surface area contributed by atoms with Crippen LogP contribution in [0.15, 0.2) is 24.3 Å². The zero-order chi connectivity index (χ0) is 13.0. The Hall–Kier alpha value is -1.64. The Balaban J connectivity index is 2.93. The van der Waals surface area contributed by atoms with E-state index in [1.165, 1.54) is 0 Å². The van der Waals surface area contributed by atoms with Crippen molar-refractivity contribution >= 4 is 11.8 Å². The molecule has 0 heterocycles. The molecule has 1 atom stereocenters. The molecule has 1 aromatic rings. The second-order valence-corrected chi connectivity index (χ2v) is 4.44. The van der Waals surface area contributed by atoms with Crippen molar-refractivity contribution in [2.45, 2.75) is 33.1 Å². The quantitative estimate of drug-likeness (QED) is 0.629. The third-order valence-corrected chi connectivity index (χ3v) is 2.88. The van der Waals surface area contributed by atoms with E-state index < -0.39 is 11.9 Å². The summed E-state index contributed by atoms with van der Waals surface area (Å²) >= 11 is 0. The molecule has 0 amide bonds. The van der Waals surface area contributed by atoms with Gasteiger partial charge in [-0.15, -0.1) is 0 Å². The molecule has 92 valence electrons. The monoisotopic (exact) mass is 234 g/mol. The standard InChI is InChI=1S/C14H18O3/c1-4-12(14(16)17)13(15)11-7-5-10(6-8-11)9(2)3/h5-9,12H,4H2,1-3H3,(H,16,17). The topological polar surface area (TPSA) is 54.4 Å². The van der Waals surface area contributed by atoms with Gasteiger partial charge in [-0.25, -0.2) is 0 Å². The molecule has 17 heavy (non-hydrogen) atoms. The molecule has 0 aliphatic rings. The van der Waals surface area contributed by atoms with E-state index in [9.17, 15) is 9.59 Å². The maximum absolute atomic E-state index is 11.9. The highest BCUT2D eigenvalue weighted by molar-refractivity contribution is 6.08. The average Bonchev–Trinajstić information content (AvgIpc) is 2.29. The summed E-state index contributed by atoms with van der Waals surface area (Å²) in [6.45, 7) is 5.85. The van der Waals surface area contributed by atoms with Crippen LogP contribution >= 0.6 is 0 Å². The smallest absolute Gasteiger partial charge is 0.314 e. The number of hydrogen-bond donors (Lipinski definition) is 1. The first-order valence-electron chi connectivity index (χ1n) is 5.84. The number of aliphatic carboxylic acids is 1. The highest BCUT2D eigenvalue weighted by atomic mass is 16.4.